The molecule has 0 spiro atoms. The molecule has 0 aromatic heterocycles. The minimum Gasteiger partial charge on any atom is -0.392 e. The molecule has 1 N–H and O–H groups in total. The number of benzene rings is 2. The summed E-state index contributed by atoms with van der Waals surface area (Å²) in [5.41, 5.74) is 1.30. The van der Waals surface area contributed by atoms with Crippen LogP contribution in [-0.2, 0) is 0 Å². The highest BCUT2D eigenvalue weighted by Gasteiger charge is 2.24. The lowest BCUT2D eigenvalue weighted by Crippen LogP contribution is -2.22. The zero-order chi connectivity index (χ0) is 11.7. The summed E-state index contributed by atoms with van der Waals surface area (Å²) in [5, 5.41) is 12.7. The highest BCUT2D eigenvalue weighted by Crippen LogP contribution is 2.34. The second-order valence-electron chi connectivity index (χ2n) is 5.06. The van der Waals surface area contributed by atoms with Crippen molar-refractivity contribution in [3.05, 3.63) is 48.0 Å². The molecule has 0 saturated heterocycles. The van der Waals surface area contributed by atoms with Crippen LogP contribution in [0.15, 0.2) is 42.5 Å². The maximum absolute atomic E-state index is 10.1. The molecule has 2 atom stereocenters. The molecule has 88 valence electrons. The normalized spacial score (nSPS) is 25.0. The van der Waals surface area contributed by atoms with E-state index in [9.17, 15) is 5.11 Å². The van der Waals surface area contributed by atoms with E-state index in [0.29, 0.717) is 5.92 Å². The van der Waals surface area contributed by atoms with Gasteiger partial charge in [0.25, 0.3) is 0 Å². The van der Waals surface area contributed by atoms with Gasteiger partial charge in [-0.2, -0.15) is 0 Å². The number of rotatable bonds is 1. The van der Waals surface area contributed by atoms with Gasteiger partial charge in [-0.1, -0.05) is 55.3 Å². The second kappa shape index (κ2) is 4.50. The van der Waals surface area contributed by atoms with Gasteiger partial charge in [-0.05, 0) is 29.2 Å². The van der Waals surface area contributed by atoms with Crippen LogP contribution in [0.2, 0.25) is 0 Å². The van der Waals surface area contributed by atoms with E-state index in [-0.39, 0.29) is 6.10 Å². The number of hydrogen-bond donors (Lipinski definition) is 1. The molecule has 0 heterocycles. The summed E-state index contributed by atoms with van der Waals surface area (Å²) in [4.78, 5) is 0. The molecular formula is C16H18O. The maximum atomic E-state index is 10.1. The Morgan fingerprint density at radius 3 is 2.47 bits per heavy atom. The van der Waals surface area contributed by atoms with Crippen LogP contribution in [0.4, 0.5) is 0 Å². The molecule has 0 bridgehead atoms. The summed E-state index contributed by atoms with van der Waals surface area (Å²) in [6.45, 7) is 0. The first-order chi connectivity index (χ1) is 8.34. The van der Waals surface area contributed by atoms with E-state index >= 15 is 0 Å². The van der Waals surface area contributed by atoms with Crippen LogP contribution in [0.1, 0.15) is 37.2 Å². The van der Waals surface area contributed by atoms with Gasteiger partial charge in [0.2, 0.25) is 0 Å². The average Bonchev–Trinajstić information content (AvgIpc) is 2.39. The summed E-state index contributed by atoms with van der Waals surface area (Å²) < 4.78 is 0. The van der Waals surface area contributed by atoms with Crippen LogP contribution in [-0.4, -0.2) is 11.2 Å². The first-order valence-electron chi connectivity index (χ1n) is 6.51. The standard InChI is InChI=1S/C16H18O/c17-16-8-4-3-7-15(16)14-10-9-12-5-1-2-6-13(12)11-14/h1-2,5-6,9-11,15-17H,3-4,7-8H2/t15-,16+/m0/s1. The third kappa shape index (κ3) is 2.07. The molecule has 1 nitrogen and oxygen atoms in total. The van der Waals surface area contributed by atoms with Crippen molar-refractivity contribution in [3.8, 4) is 0 Å². The Kier molecular flexibility index (Phi) is 2.86. The zero-order valence-electron chi connectivity index (χ0n) is 9.97. The summed E-state index contributed by atoms with van der Waals surface area (Å²) in [7, 11) is 0. The quantitative estimate of drug-likeness (QED) is 0.783. The fourth-order valence-electron chi connectivity index (χ4n) is 2.94. The van der Waals surface area contributed by atoms with E-state index < -0.39 is 0 Å². The predicted octanol–water partition coefficient (Wildman–Crippen LogP) is 3.86. The Bertz CT molecular complexity index is 518. The number of aliphatic hydroxyl groups is 1. The number of aliphatic hydroxyl groups excluding tert-OH is 1. The molecule has 2 aromatic carbocycles. The van der Waals surface area contributed by atoms with Gasteiger partial charge >= 0.3 is 0 Å². The van der Waals surface area contributed by atoms with Gasteiger partial charge in [0, 0.05) is 5.92 Å². The van der Waals surface area contributed by atoms with Gasteiger partial charge in [-0.15, -0.1) is 0 Å². The third-order valence-electron chi connectivity index (χ3n) is 3.93. The molecule has 1 heteroatoms. The summed E-state index contributed by atoms with van der Waals surface area (Å²) in [6.07, 6.45) is 4.35. The number of fused-ring (bicyclic) bond motifs is 1. The van der Waals surface area contributed by atoms with Crippen molar-refractivity contribution in [2.24, 2.45) is 0 Å². The lowest BCUT2D eigenvalue weighted by molar-refractivity contribution is 0.106. The molecule has 0 radical (unpaired) electrons. The zero-order valence-corrected chi connectivity index (χ0v) is 9.97. The van der Waals surface area contributed by atoms with Crippen LogP contribution in [0, 0.1) is 0 Å². The van der Waals surface area contributed by atoms with E-state index in [1.165, 1.54) is 29.2 Å². The molecule has 0 amide bonds. The Labute approximate surface area is 102 Å². The number of hydrogen-bond acceptors (Lipinski definition) is 1. The minimum atomic E-state index is -0.148. The van der Waals surface area contributed by atoms with Gasteiger partial charge < -0.3 is 5.11 Å². The molecule has 1 aliphatic rings. The topological polar surface area (TPSA) is 20.2 Å². The fourth-order valence-corrected chi connectivity index (χ4v) is 2.94. The van der Waals surface area contributed by atoms with E-state index in [1.807, 2.05) is 0 Å². The second-order valence-corrected chi connectivity index (χ2v) is 5.06. The van der Waals surface area contributed by atoms with Crippen molar-refractivity contribution in [2.75, 3.05) is 0 Å². The highest BCUT2D eigenvalue weighted by atomic mass is 16.3. The van der Waals surface area contributed by atoms with Crippen molar-refractivity contribution in [2.45, 2.75) is 37.7 Å². The Hall–Kier alpha value is -1.34. The van der Waals surface area contributed by atoms with Crippen LogP contribution in [0.3, 0.4) is 0 Å². The van der Waals surface area contributed by atoms with Gasteiger partial charge in [-0.3, -0.25) is 0 Å². The van der Waals surface area contributed by atoms with Crippen LogP contribution >= 0.6 is 0 Å². The maximum Gasteiger partial charge on any atom is 0.0608 e. The SMILES string of the molecule is O[C@@H]1CCCC[C@H]1c1ccc2ccccc2c1. The molecule has 1 saturated carbocycles. The van der Waals surface area contributed by atoms with Crippen molar-refractivity contribution in [3.63, 3.8) is 0 Å². The Morgan fingerprint density at radius 2 is 1.65 bits per heavy atom. The Morgan fingerprint density at radius 1 is 0.882 bits per heavy atom. The molecule has 17 heavy (non-hydrogen) atoms. The van der Waals surface area contributed by atoms with Gasteiger partial charge in [-0.25, -0.2) is 0 Å². The molecular weight excluding hydrogens is 208 g/mol. The predicted molar refractivity (Wildman–Crippen MR) is 71.2 cm³/mol. The van der Waals surface area contributed by atoms with E-state index in [1.54, 1.807) is 0 Å². The monoisotopic (exact) mass is 226 g/mol. The molecule has 0 unspecified atom stereocenters. The molecule has 0 aliphatic heterocycles. The van der Waals surface area contributed by atoms with Crippen molar-refractivity contribution >= 4 is 10.8 Å². The largest absolute Gasteiger partial charge is 0.392 e. The van der Waals surface area contributed by atoms with Crippen LogP contribution in [0.5, 0.6) is 0 Å². The van der Waals surface area contributed by atoms with E-state index in [0.717, 1.165) is 12.8 Å². The van der Waals surface area contributed by atoms with Crippen LogP contribution in [0.25, 0.3) is 10.8 Å². The van der Waals surface area contributed by atoms with Gasteiger partial charge in [0.15, 0.2) is 0 Å². The van der Waals surface area contributed by atoms with Crippen molar-refractivity contribution in [1.29, 1.82) is 0 Å². The van der Waals surface area contributed by atoms with E-state index in [2.05, 4.69) is 42.5 Å². The molecule has 2 aromatic rings. The average molecular weight is 226 g/mol. The van der Waals surface area contributed by atoms with E-state index in [4.69, 9.17) is 0 Å². The van der Waals surface area contributed by atoms with Gasteiger partial charge in [0.05, 0.1) is 6.10 Å². The highest BCUT2D eigenvalue weighted by molar-refractivity contribution is 5.83. The lowest BCUT2D eigenvalue weighted by Gasteiger charge is -2.28. The first-order valence-corrected chi connectivity index (χ1v) is 6.51. The first kappa shape index (κ1) is 10.8. The lowest BCUT2D eigenvalue weighted by atomic mass is 9.81. The smallest absolute Gasteiger partial charge is 0.0608 e. The molecule has 1 fully saturated rings. The van der Waals surface area contributed by atoms with Gasteiger partial charge in [0.1, 0.15) is 0 Å². The fraction of sp³-hybridized carbons (Fsp3) is 0.375. The third-order valence-corrected chi connectivity index (χ3v) is 3.93. The molecule has 1 aliphatic carbocycles. The summed E-state index contributed by atoms with van der Waals surface area (Å²) in [6, 6.07) is 15.0. The summed E-state index contributed by atoms with van der Waals surface area (Å²) in [5.74, 6) is 0.341. The van der Waals surface area contributed by atoms with Crippen LogP contribution < -0.4 is 0 Å². The van der Waals surface area contributed by atoms with Crippen molar-refractivity contribution in [1.82, 2.24) is 0 Å². The molecule has 3 rings (SSSR count). The Balaban J connectivity index is 1.99. The minimum absolute atomic E-state index is 0.148. The summed E-state index contributed by atoms with van der Waals surface area (Å²) >= 11 is 0. The van der Waals surface area contributed by atoms with Crippen molar-refractivity contribution < 1.29 is 5.11 Å².